The number of carbonyl (C=O) groups excluding carboxylic acids is 1. The van der Waals surface area contributed by atoms with Crippen molar-refractivity contribution in [3.8, 4) is 0 Å². The maximum Gasteiger partial charge on any atom is 0.224 e. The Kier molecular flexibility index (Phi) is 5.38. The second kappa shape index (κ2) is 7.48. The van der Waals surface area contributed by atoms with E-state index in [-0.39, 0.29) is 5.91 Å². The lowest BCUT2D eigenvalue weighted by molar-refractivity contribution is -0.130. The molecule has 3 heteroatoms. The van der Waals surface area contributed by atoms with Crippen LogP contribution in [-0.2, 0) is 11.3 Å². The Morgan fingerprint density at radius 3 is 2.10 bits per heavy atom. The molecule has 0 saturated heterocycles. The molecule has 0 fully saturated rings. The van der Waals surface area contributed by atoms with Gasteiger partial charge in [0.2, 0.25) is 5.91 Å². The second-order valence-corrected chi connectivity index (χ2v) is 5.24. The van der Waals surface area contributed by atoms with Crippen LogP contribution in [0.4, 0.5) is 5.69 Å². The minimum absolute atomic E-state index is 0.168. The lowest BCUT2D eigenvalue weighted by atomic mass is 10.2. The maximum atomic E-state index is 12.2. The van der Waals surface area contributed by atoms with E-state index in [0.29, 0.717) is 13.0 Å². The fourth-order valence-electron chi connectivity index (χ4n) is 2.21. The molecule has 2 rings (SSSR count). The molecule has 0 atom stereocenters. The van der Waals surface area contributed by atoms with Gasteiger partial charge in [-0.25, -0.2) is 0 Å². The number of anilines is 1. The molecule has 21 heavy (non-hydrogen) atoms. The first-order chi connectivity index (χ1) is 10.2. The van der Waals surface area contributed by atoms with Crippen LogP contribution < -0.4 is 4.90 Å². The first-order valence-electron chi connectivity index (χ1n) is 7.21. The lowest BCUT2D eigenvalue weighted by Gasteiger charge is -2.22. The molecule has 0 aromatic heterocycles. The van der Waals surface area contributed by atoms with Crippen molar-refractivity contribution in [3.05, 3.63) is 66.2 Å². The van der Waals surface area contributed by atoms with Crippen LogP contribution >= 0.6 is 0 Å². The van der Waals surface area contributed by atoms with Gasteiger partial charge in [-0.05, 0) is 17.7 Å². The summed E-state index contributed by atoms with van der Waals surface area (Å²) in [6, 6.07) is 20.2. The Morgan fingerprint density at radius 1 is 0.905 bits per heavy atom. The molecule has 0 N–H and O–H groups in total. The number of carbonyl (C=O) groups is 1. The molecular weight excluding hydrogens is 260 g/mol. The fourth-order valence-corrected chi connectivity index (χ4v) is 2.21. The highest BCUT2D eigenvalue weighted by molar-refractivity contribution is 5.76. The van der Waals surface area contributed by atoms with Crippen molar-refractivity contribution in [1.29, 1.82) is 0 Å². The monoisotopic (exact) mass is 282 g/mol. The standard InChI is InChI=1S/C18H22N2O/c1-19(17-11-7-4-8-12-17)14-13-18(21)20(2)15-16-9-5-3-6-10-16/h3-12H,13-15H2,1-2H3. The first kappa shape index (κ1) is 15.1. The van der Waals surface area contributed by atoms with Gasteiger partial charge in [-0.1, -0.05) is 48.5 Å². The average Bonchev–Trinajstić information content (AvgIpc) is 2.54. The molecule has 0 radical (unpaired) electrons. The molecule has 0 heterocycles. The van der Waals surface area contributed by atoms with Gasteiger partial charge in [-0.3, -0.25) is 4.79 Å². The average molecular weight is 282 g/mol. The Hall–Kier alpha value is -2.29. The highest BCUT2D eigenvalue weighted by atomic mass is 16.2. The molecule has 110 valence electrons. The van der Waals surface area contributed by atoms with E-state index in [1.54, 1.807) is 4.90 Å². The summed E-state index contributed by atoms with van der Waals surface area (Å²) >= 11 is 0. The summed E-state index contributed by atoms with van der Waals surface area (Å²) in [5.41, 5.74) is 2.29. The summed E-state index contributed by atoms with van der Waals surface area (Å²) in [5.74, 6) is 0.168. The van der Waals surface area contributed by atoms with Crippen molar-refractivity contribution < 1.29 is 4.79 Å². The van der Waals surface area contributed by atoms with Gasteiger partial charge in [0, 0.05) is 39.3 Å². The molecule has 0 aliphatic rings. The Labute approximate surface area is 126 Å². The van der Waals surface area contributed by atoms with E-state index in [1.807, 2.05) is 62.6 Å². The zero-order chi connectivity index (χ0) is 15.1. The van der Waals surface area contributed by atoms with Crippen molar-refractivity contribution >= 4 is 11.6 Å². The Bertz CT molecular complexity index is 554. The van der Waals surface area contributed by atoms with Gasteiger partial charge in [0.25, 0.3) is 0 Å². The molecule has 0 unspecified atom stereocenters. The van der Waals surface area contributed by atoms with E-state index < -0.39 is 0 Å². The maximum absolute atomic E-state index is 12.2. The van der Waals surface area contributed by atoms with E-state index in [2.05, 4.69) is 17.0 Å². The number of hydrogen-bond acceptors (Lipinski definition) is 2. The quantitative estimate of drug-likeness (QED) is 0.812. The molecule has 1 amide bonds. The number of rotatable bonds is 6. The smallest absolute Gasteiger partial charge is 0.224 e. The van der Waals surface area contributed by atoms with Crippen LogP contribution in [0.2, 0.25) is 0 Å². The summed E-state index contributed by atoms with van der Waals surface area (Å²) < 4.78 is 0. The molecule has 2 aromatic rings. The fraction of sp³-hybridized carbons (Fsp3) is 0.278. The van der Waals surface area contributed by atoms with Crippen molar-refractivity contribution in [1.82, 2.24) is 4.90 Å². The van der Waals surface area contributed by atoms with Crippen molar-refractivity contribution in [3.63, 3.8) is 0 Å². The summed E-state index contributed by atoms with van der Waals surface area (Å²) in [6.07, 6.45) is 0.523. The van der Waals surface area contributed by atoms with Crippen molar-refractivity contribution in [2.75, 3.05) is 25.5 Å². The predicted octanol–water partition coefficient (Wildman–Crippen LogP) is 3.17. The number of nitrogens with zero attached hydrogens (tertiary/aromatic N) is 2. The number of amides is 1. The molecular formula is C18H22N2O. The third kappa shape index (κ3) is 4.63. The molecule has 0 spiro atoms. The van der Waals surface area contributed by atoms with Crippen LogP contribution in [0.25, 0.3) is 0 Å². The molecule has 0 aliphatic heterocycles. The van der Waals surface area contributed by atoms with Gasteiger partial charge >= 0.3 is 0 Å². The van der Waals surface area contributed by atoms with Crippen LogP contribution in [0.15, 0.2) is 60.7 Å². The summed E-state index contributed by atoms with van der Waals surface area (Å²) in [4.78, 5) is 16.1. The number of para-hydroxylation sites is 1. The van der Waals surface area contributed by atoms with Crippen molar-refractivity contribution in [2.24, 2.45) is 0 Å². The van der Waals surface area contributed by atoms with E-state index in [0.717, 1.165) is 17.8 Å². The van der Waals surface area contributed by atoms with Gasteiger partial charge in [-0.15, -0.1) is 0 Å². The second-order valence-electron chi connectivity index (χ2n) is 5.24. The van der Waals surface area contributed by atoms with E-state index in [1.165, 1.54) is 0 Å². The van der Waals surface area contributed by atoms with Crippen LogP contribution in [0, 0.1) is 0 Å². The molecule has 3 nitrogen and oxygen atoms in total. The molecule has 0 aliphatic carbocycles. The summed E-state index contributed by atoms with van der Waals surface area (Å²) in [7, 11) is 3.87. The summed E-state index contributed by atoms with van der Waals surface area (Å²) in [6.45, 7) is 1.39. The van der Waals surface area contributed by atoms with Crippen LogP contribution in [0.5, 0.6) is 0 Å². The normalized spacial score (nSPS) is 10.2. The Morgan fingerprint density at radius 2 is 1.48 bits per heavy atom. The number of benzene rings is 2. The Balaban J connectivity index is 1.81. The van der Waals surface area contributed by atoms with E-state index in [4.69, 9.17) is 0 Å². The highest BCUT2D eigenvalue weighted by Crippen LogP contribution is 2.11. The van der Waals surface area contributed by atoms with Gasteiger partial charge in [0.1, 0.15) is 0 Å². The number of hydrogen-bond donors (Lipinski definition) is 0. The predicted molar refractivity (Wildman–Crippen MR) is 87.2 cm³/mol. The minimum atomic E-state index is 0.168. The first-order valence-corrected chi connectivity index (χ1v) is 7.21. The minimum Gasteiger partial charge on any atom is -0.374 e. The molecule has 0 saturated carbocycles. The van der Waals surface area contributed by atoms with Gasteiger partial charge < -0.3 is 9.80 Å². The molecule has 2 aromatic carbocycles. The van der Waals surface area contributed by atoms with Crippen LogP contribution in [0.3, 0.4) is 0 Å². The third-order valence-electron chi connectivity index (χ3n) is 3.55. The SMILES string of the molecule is CN(Cc1ccccc1)C(=O)CCN(C)c1ccccc1. The van der Waals surface area contributed by atoms with Crippen LogP contribution in [0.1, 0.15) is 12.0 Å². The van der Waals surface area contributed by atoms with E-state index in [9.17, 15) is 4.79 Å². The van der Waals surface area contributed by atoms with Gasteiger partial charge in [0.15, 0.2) is 0 Å². The lowest BCUT2D eigenvalue weighted by Crippen LogP contribution is -2.30. The van der Waals surface area contributed by atoms with E-state index >= 15 is 0 Å². The topological polar surface area (TPSA) is 23.6 Å². The largest absolute Gasteiger partial charge is 0.374 e. The highest BCUT2D eigenvalue weighted by Gasteiger charge is 2.10. The summed E-state index contributed by atoms with van der Waals surface area (Å²) in [5, 5.41) is 0. The zero-order valence-electron chi connectivity index (χ0n) is 12.7. The van der Waals surface area contributed by atoms with Crippen LogP contribution in [-0.4, -0.2) is 31.4 Å². The van der Waals surface area contributed by atoms with Gasteiger partial charge in [0.05, 0.1) is 0 Å². The van der Waals surface area contributed by atoms with Gasteiger partial charge in [-0.2, -0.15) is 0 Å². The van der Waals surface area contributed by atoms with Crippen molar-refractivity contribution in [2.45, 2.75) is 13.0 Å². The molecule has 0 bridgehead atoms. The third-order valence-corrected chi connectivity index (χ3v) is 3.55. The zero-order valence-corrected chi connectivity index (χ0v) is 12.7.